The Labute approximate surface area is 120 Å². The molecule has 0 aromatic heterocycles. The second-order valence-electron chi connectivity index (χ2n) is 3.88. The van der Waals surface area contributed by atoms with Crippen molar-refractivity contribution in [1.82, 2.24) is 0 Å². The molecular formula is C14H10ClFN2O2. The highest BCUT2D eigenvalue weighted by atomic mass is 35.5. The van der Waals surface area contributed by atoms with Crippen LogP contribution in [0.4, 0.5) is 10.1 Å². The molecule has 0 radical (unpaired) electrons. The average molecular weight is 293 g/mol. The summed E-state index contributed by atoms with van der Waals surface area (Å²) in [6, 6.07) is 9.01. The van der Waals surface area contributed by atoms with E-state index in [1.807, 2.05) is 6.07 Å². The highest BCUT2D eigenvalue weighted by Gasteiger charge is 2.12. The third kappa shape index (κ3) is 2.76. The van der Waals surface area contributed by atoms with Crippen LogP contribution in [0, 0.1) is 17.1 Å². The summed E-state index contributed by atoms with van der Waals surface area (Å²) >= 11 is 5.69. The maximum absolute atomic E-state index is 13.2. The number of halogens is 2. The Morgan fingerprint density at radius 1 is 1.20 bits per heavy atom. The fourth-order valence-corrected chi connectivity index (χ4v) is 1.73. The third-order valence-electron chi connectivity index (χ3n) is 2.57. The first-order valence-electron chi connectivity index (χ1n) is 5.55. The highest BCUT2D eigenvalue weighted by molar-refractivity contribution is 6.31. The molecule has 20 heavy (non-hydrogen) atoms. The smallest absolute Gasteiger partial charge is 0.169 e. The number of anilines is 1. The van der Waals surface area contributed by atoms with Crippen LogP contribution in [-0.4, -0.2) is 7.11 Å². The summed E-state index contributed by atoms with van der Waals surface area (Å²) in [7, 11) is 1.45. The molecule has 0 aliphatic carbocycles. The van der Waals surface area contributed by atoms with Crippen LogP contribution in [0.5, 0.6) is 17.2 Å². The van der Waals surface area contributed by atoms with Gasteiger partial charge in [-0.15, -0.1) is 0 Å². The van der Waals surface area contributed by atoms with Crippen molar-refractivity contribution in [2.45, 2.75) is 0 Å². The first-order valence-corrected chi connectivity index (χ1v) is 5.93. The molecule has 0 atom stereocenters. The fraction of sp³-hybridized carbons (Fsp3) is 0.0714. The summed E-state index contributed by atoms with van der Waals surface area (Å²) in [5.41, 5.74) is 6.21. The van der Waals surface area contributed by atoms with Gasteiger partial charge in [0.15, 0.2) is 17.2 Å². The summed E-state index contributed by atoms with van der Waals surface area (Å²) in [4.78, 5) is 0. The summed E-state index contributed by atoms with van der Waals surface area (Å²) in [5.74, 6) is 0.299. The molecule has 102 valence electrons. The lowest BCUT2D eigenvalue weighted by atomic mass is 10.2. The molecule has 2 aromatic carbocycles. The Kier molecular flexibility index (Phi) is 3.97. The maximum atomic E-state index is 13.2. The van der Waals surface area contributed by atoms with Gasteiger partial charge in [-0.3, -0.25) is 0 Å². The molecule has 0 spiro atoms. The van der Waals surface area contributed by atoms with Gasteiger partial charge >= 0.3 is 0 Å². The summed E-state index contributed by atoms with van der Waals surface area (Å²) < 4.78 is 23.9. The van der Waals surface area contributed by atoms with Crippen molar-refractivity contribution >= 4 is 17.3 Å². The van der Waals surface area contributed by atoms with Gasteiger partial charge in [0.25, 0.3) is 0 Å². The van der Waals surface area contributed by atoms with E-state index < -0.39 is 5.82 Å². The van der Waals surface area contributed by atoms with E-state index in [1.165, 1.54) is 19.2 Å². The van der Waals surface area contributed by atoms with E-state index in [-0.39, 0.29) is 16.5 Å². The molecule has 4 nitrogen and oxygen atoms in total. The number of nitrogens with two attached hydrogens (primary N) is 1. The van der Waals surface area contributed by atoms with Crippen molar-refractivity contribution in [3.05, 3.63) is 46.7 Å². The van der Waals surface area contributed by atoms with Crippen LogP contribution in [0.15, 0.2) is 30.3 Å². The molecule has 0 unspecified atom stereocenters. The van der Waals surface area contributed by atoms with Gasteiger partial charge in [-0.1, -0.05) is 11.6 Å². The molecule has 0 fully saturated rings. The van der Waals surface area contributed by atoms with Crippen LogP contribution < -0.4 is 15.2 Å². The molecule has 0 saturated heterocycles. The Morgan fingerprint density at radius 2 is 1.95 bits per heavy atom. The number of hydrogen-bond donors (Lipinski definition) is 1. The topological polar surface area (TPSA) is 68.3 Å². The molecular weight excluding hydrogens is 283 g/mol. The molecule has 6 heteroatoms. The lowest BCUT2D eigenvalue weighted by molar-refractivity contribution is 0.379. The van der Waals surface area contributed by atoms with E-state index in [9.17, 15) is 4.39 Å². The number of nitrogen functional groups attached to an aromatic ring is 1. The second-order valence-corrected chi connectivity index (χ2v) is 4.29. The van der Waals surface area contributed by atoms with E-state index in [2.05, 4.69) is 0 Å². The quantitative estimate of drug-likeness (QED) is 0.875. The van der Waals surface area contributed by atoms with Crippen LogP contribution in [0.1, 0.15) is 5.56 Å². The molecule has 0 aliphatic rings. The molecule has 0 saturated carbocycles. The third-order valence-corrected chi connectivity index (χ3v) is 2.86. The van der Waals surface area contributed by atoms with Gasteiger partial charge in [-0.05, 0) is 12.1 Å². The minimum atomic E-state index is -0.622. The Morgan fingerprint density at radius 3 is 2.60 bits per heavy atom. The summed E-state index contributed by atoms with van der Waals surface area (Å²) in [6.07, 6.45) is 0. The van der Waals surface area contributed by atoms with E-state index in [1.54, 1.807) is 12.1 Å². The zero-order valence-corrected chi connectivity index (χ0v) is 11.2. The lowest BCUT2D eigenvalue weighted by Crippen LogP contribution is -1.96. The van der Waals surface area contributed by atoms with Crippen molar-refractivity contribution < 1.29 is 13.9 Å². The standard InChI is InChI=1S/C14H10ClFN2O2/c1-19-14-4-8(7-17)2-3-12(14)20-13-5-9(15)10(16)6-11(13)18/h2-6H,18H2,1H3. The zero-order chi connectivity index (χ0) is 14.7. The van der Waals surface area contributed by atoms with Crippen LogP contribution in [0.2, 0.25) is 5.02 Å². The van der Waals surface area contributed by atoms with E-state index in [4.69, 9.17) is 32.1 Å². The Bertz CT molecular complexity index is 698. The van der Waals surface area contributed by atoms with Crippen molar-refractivity contribution in [1.29, 1.82) is 5.26 Å². The van der Waals surface area contributed by atoms with Crippen molar-refractivity contribution in [2.24, 2.45) is 0 Å². The number of rotatable bonds is 3. The normalized spacial score (nSPS) is 9.90. The van der Waals surface area contributed by atoms with Gasteiger partial charge in [0.2, 0.25) is 0 Å². The predicted molar refractivity (Wildman–Crippen MR) is 73.6 cm³/mol. The van der Waals surface area contributed by atoms with Gasteiger partial charge in [0, 0.05) is 18.2 Å². The minimum absolute atomic E-state index is 0.0955. The van der Waals surface area contributed by atoms with Gasteiger partial charge < -0.3 is 15.2 Å². The number of nitrogens with zero attached hydrogens (tertiary/aromatic N) is 1. The second kappa shape index (κ2) is 5.68. The Hall–Kier alpha value is -2.45. The van der Waals surface area contributed by atoms with Crippen molar-refractivity contribution in [3.63, 3.8) is 0 Å². The van der Waals surface area contributed by atoms with Gasteiger partial charge in [0.1, 0.15) is 5.82 Å². The predicted octanol–water partition coefficient (Wildman–Crippen LogP) is 3.73. The molecule has 2 aromatic rings. The number of ether oxygens (including phenoxy) is 2. The maximum Gasteiger partial charge on any atom is 0.169 e. The van der Waals surface area contributed by atoms with Crippen LogP contribution in [-0.2, 0) is 0 Å². The van der Waals surface area contributed by atoms with Crippen molar-refractivity contribution in [2.75, 3.05) is 12.8 Å². The average Bonchev–Trinajstić information content (AvgIpc) is 2.45. The molecule has 0 bridgehead atoms. The van der Waals surface area contributed by atoms with Gasteiger partial charge in [-0.2, -0.15) is 5.26 Å². The Balaban J connectivity index is 2.40. The van der Waals surface area contributed by atoms with E-state index >= 15 is 0 Å². The van der Waals surface area contributed by atoms with Gasteiger partial charge in [0.05, 0.1) is 29.5 Å². The number of nitriles is 1. The molecule has 0 amide bonds. The van der Waals surface area contributed by atoms with Gasteiger partial charge in [-0.25, -0.2) is 4.39 Å². The molecule has 2 N–H and O–H groups in total. The number of methoxy groups -OCH3 is 1. The van der Waals surface area contributed by atoms with E-state index in [0.29, 0.717) is 17.1 Å². The SMILES string of the molecule is COc1cc(C#N)ccc1Oc1cc(Cl)c(F)cc1N. The van der Waals surface area contributed by atoms with E-state index in [0.717, 1.165) is 6.07 Å². The van der Waals surface area contributed by atoms with Crippen LogP contribution >= 0.6 is 11.6 Å². The zero-order valence-electron chi connectivity index (χ0n) is 10.5. The van der Waals surface area contributed by atoms with Crippen molar-refractivity contribution in [3.8, 4) is 23.3 Å². The highest BCUT2D eigenvalue weighted by Crippen LogP contribution is 2.36. The first-order chi connectivity index (χ1) is 9.55. The summed E-state index contributed by atoms with van der Waals surface area (Å²) in [5, 5.41) is 8.73. The number of benzene rings is 2. The molecule has 0 heterocycles. The largest absolute Gasteiger partial charge is 0.493 e. The van der Waals surface area contributed by atoms with Crippen LogP contribution in [0.3, 0.4) is 0 Å². The first kappa shape index (κ1) is 14.0. The molecule has 2 rings (SSSR count). The molecule has 0 aliphatic heterocycles. The monoisotopic (exact) mass is 292 g/mol. The minimum Gasteiger partial charge on any atom is -0.493 e. The number of hydrogen-bond acceptors (Lipinski definition) is 4. The summed E-state index contributed by atoms with van der Waals surface area (Å²) in [6.45, 7) is 0. The lowest BCUT2D eigenvalue weighted by Gasteiger charge is -2.12. The van der Waals surface area contributed by atoms with Crippen LogP contribution in [0.25, 0.3) is 0 Å². The fourth-order valence-electron chi connectivity index (χ4n) is 1.57.